The number of aromatic nitrogens is 2. The smallest absolute Gasteiger partial charge is 0.331 e. The minimum atomic E-state index is -1.33. The lowest BCUT2D eigenvalue weighted by Crippen LogP contribution is -2.55. The van der Waals surface area contributed by atoms with Crippen molar-refractivity contribution in [3.63, 3.8) is 0 Å². The van der Waals surface area contributed by atoms with Crippen molar-refractivity contribution in [3.05, 3.63) is 52.8 Å². The number of carbonyl (C=O) groups is 2. The van der Waals surface area contributed by atoms with Gasteiger partial charge < -0.3 is 15.2 Å². The van der Waals surface area contributed by atoms with Crippen LogP contribution in [0, 0.1) is 13.8 Å². The van der Waals surface area contributed by atoms with Crippen LogP contribution in [0.2, 0.25) is 0 Å². The quantitative estimate of drug-likeness (QED) is 0.858. The fraction of sp³-hybridized carbons (Fsp3) is 0.389. The van der Waals surface area contributed by atoms with Crippen molar-refractivity contribution >= 4 is 11.9 Å². The molecule has 1 amide bonds. The van der Waals surface area contributed by atoms with Crippen LogP contribution in [0.5, 0.6) is 0 Å². The maximum absolute atomic E-state index is 12.4. The van der Waals surface area contributed by atoms with E-state index >= 15 is 0 Å². The maximum atomic E-state index is 12.4. The molecule has 2 N–H and O–H groups in total. The molecule has 0 spiro atoms. The molecule has 7 nitrogen and oxygen atoms in total. The molecule has 2 aromatic rings. The molecule has 3 rings (SSSR count). The Kier molecular flexibility index (Phi) is 4.59. The summed E-state index contributed by atoms with van der Waals surface area (Å²) >= 11 is 0. The van der Waals surface area contributed by atoms with E-state index in [2.05, 4.69) is 10.4 Å². The van der Waals surface area contributed by atoms with Gasteiger partial charge in [0.05, 0.1) is 18.8 Å². The predicted molar refractivity (Wildman–Crippen MR) is 90.5 cm³/mol. The predicted octanol–water partition coefficient (Wildman–Crippen LogP) is 1.52. The minimum absolute atomic E-state index is 0.00984. The zero-order valence-electron chi connectivity index (χ0n) is 14.3. The van der Waals surface area contributed by atoms with Gasteiger partial charge >= 0.3 is 5.97 Å². The number of carboxylic acid groups (broad SMARTS) is 1. The number of hydrogen-bond acceptors (Lipinski definition) is 4. The lowest BCUT2D eigenvalue weighted by atomic mass is 9.98. The fourth-order valence-corrected chi connectivity index (χ4v) is 2.94. The third kappa shape index (κ3) is 3.56. The van der Waals surface area contributed by atoms with E-state index < -0.39 is 17.4 Å². The molecule has 1 atom stereocenters. The number of carbonyl (C=O) groups excluding carboxylic acids is 1. The summed E-state index contributed by atoms with van der Waals surface area (Å²) < 4.78 is 7.05. The van der Waals surface area contributed by atoms with Gasteiger partial charge in [0.2, 0.25) is 0 Å². The fourth-order valence-electron chi connectivity index (χ4n) is 2.94. The van der Waals surface area contributed by atoms with Crippen molar-refractivity contribution in [3.8, 4) is 0 Å². The van der Waals surface area contributed by atoms with Gasteiger partial charge in [-0.2, -0.15) is 5.10 Å². The van der Waals surface area contributed by atoms with E-state index in [0.29, 0.717) is 18.7 Å². The Balaban J connectivity index is 1.70. The molecule has 0 aliphatic carbocycles. The first kappa shape index (κ1) is 17.2. The summed E-state index contributed by atoms with van der Waals surface area (Å²) in [5.74, 6) is -1.48. The number of aryl methyl sites for hydroxylation is 2. The molecule has 7 heteroatoms. The largest absolute Gasteiger partial charge is 0.479 e. The zero-order valence-corrected chi connectivity index (χ0v) is 14.3. The van der Waals surface area contributed by atoms with Gasteiger partial charge in [-0.05, 0) is 37.6 Å². The standard InChI is InChI=1S/C18H21N3O4/c1-12-9-13(2)21(20-12)10-14-3-5-15(6-4-14)16(22)19-18(17(23)24)7-8-25-11-18/h3-6,9H,7-8,10-11H2,1-2H3,(H,19,22)(H,23,24). The normalized spacial score (nSPS) is 19.8. The molecule has 1 aliphatic heterocycles. The van der Waals surface area contributed by atoms with Crippen molar-refractivity contribution < 1.29 is 19.4 Å². The van der Waals surface area contributed by atoms with Crippen LogP contribution in [-0.2, 0) is 16.1 Å². The second-order valence-corrected chi connectivity index (χ2v) is 6.43. The van der Waals surface area contributed by atoms with Gasteiger partial charge in [-0.3, -0.25) is 9.48 Å². The Labute approximate surface area is 145 Å². The van der Waals surface area contributed by atoms with Crippen LogP contribution >= 0.6 is 0 Å². The molecule has 1 unspecified atom stereocenters. The number of benzene rings is 1. The summed E-state index contributed by atoms with van der Waals surface area (Å²) in [6.45, 7) is 4.88. The summed E-state index contributed by atoms with van der Waals surface area (Å²) in [7, 11) is 0. The highest BCUT2D eigenvalue weighted by molar-refractivity contribution is 5.98. The van der Waals surface area contributed by atoms with Gasteiger partial charge in [0.25, 0.3) is 5.91 Å². The zero-order chi connectivity index (χ0) is 18.0. The molecule has 0 saturated carbocycles. The minimum Gasteiger partial charge on any atom is -0.479 e. The molecule has 1 saturated heterocycles. The van der Waals surface area contributed by atoms with Crippen LogP contribution in [-0.4, -0.2) is 45.5 Å². The third-order valence-electron chi connectivity index (χ3n) is 4.44. The van der Waals surface area contributed by atoms with Gasteiger partial charge in [-0.1, -0.05) is 12.1 Å². The van der Waals surface area contributed by atoms with Crippen molar-refractivity contribution in [2.45, 2.75) is 32.4 Å². The maximum Gasteiger partial charge on any atom is 0.331 e. The van der Waals surface area contributed by atoms with Crippen molar-refractivity contribution in [2.75, 3.05) is 13.2 Å². The van der Waals surface area contributed by atoms with Crippen LogP contribution in [0.3, 0.4) is 0 Å². The summed E-state index contributed by atoms with van der Waals surface area (Å²) in [6.07, 6.45) is 0.268. The van der Waals surface area contributed by atoms with E-state index in [-0.39, 0.29) is 13.0 Å². The molecule has 25 heavy (non-hydrogen) atoms. The second-order valence-electron chi connectivity index (χ2n) is 6.43. The number of nitrogens with zero attached hydrogens (tertiary/aromatic N) is 2. The van der Waals surface area contributed by atoms with Crippen LogP contribution in [0.15, 0.2) is 30.3 Å². The highest BCUT2D eigenvalue weighted by Crippen LogP contribution is 2.20. The average molecular weight is 343 g/mol. The van der Waals surface area contributed by atoms with Crippen molar-refractivity contribution in [1.29, 1.82) is 0 Å². The van der Waals surface area contributed by atoms with Gasteiger partial charge in [-0.15, -0.1) is 0 Å². The number of carboxylic acids is 1. The highest BCUT2D eigenvalue weighted by atomic mass is 16.5. The number of rotatable bonds is 5. The van der Waals surface area contributed by atoms with Crippen LogP contribution < -0.4 is 5.32 Å². The summed E-state index contributed by atoms with van der Waals surface area (Å²) in [5, 5.41) is 16.4. The SMILES string of the molecule is Cc1cc(C)n(Cc2ccc(C(=O)NC3(C(=O)O)CCOC3)cc2)n1. The Morgan fingerprint density at radius 2 is 2.04 bits per heavy atom. The summed E-state index contributed by atoms with van der Waals surface area (Å²) in [6, 6.07) is 9.11. The Morgan fingerprint density at radius 3 is 2.56 bits per heavy atom. The number of hydrogen-bond donors (Lipinski definition) is 2. The average Bonchev–Trinajstić information content (AvgIpc) is 3.16. The molecular formula is C18H21N3O4. The molecule has 0 bridgehead atoms. The first-order valence-corrected chi connectivity index (χ1v) is 8.13. The number of ether oxygens (including phenoxy) is 1. The van der Waals surface area contributed by atoms with Crippen LogP contribution in [0.25, 0.3) is 0 Å². The molecule has 0 radical (unpaired) electrons. The lowest BCUT2D eigenvalue weighted by Gasteiger charge is -2.23. The molecule has 1 aliphatic rings. The molecule has 1 aromatic carbocycles. The molecule has 1 fully saturated rings. The highest BCUT2D eigenvalue weighted by Gasteiger charge is 2.44. The Bertz CT molecular complexity index is 789. The van der Waals surface area contributed by atoms with Crippen LogP contribution in [0.4, 0.5) is 0 Å². The number of nitrogens with one attached hydrogen (secondary N) is 1. The van der Waals surface area contributed by atoms with E-state index in [0.717, 1.165) is 17.0 Å². The van der Waals surface area contributed by atoms with Gasteiger partial charge in [0.15, 0.2) is 5.54 Å². The second kappa shape index (κ2) is 6.68. The van der Waals surface area contributed by atoms with Crippen molar-refractivity contribution in [1.82, 2.24) is 15.1 Å². The number of aliphatic carboxylic acids is 1. The Hall–Kier alpha value is -2.67. The monoisotopic (exact) mass is 343 g/mol. The first-order chi connectivity index (χ1) is 11.9. The van der Waals surface area contributed by atoms with E-state index in [1.54, 1.807) is 12.1 Å². The van der Waals surface area contributed by atoms with E-state index in [4.69, 9.17) is 4.74 Å². The van der Waals surface area contributed by atoms with Crippen molar-refractivity contribution in [2.24, 2.45) is 0 Å². The molecular weight excluding hydrogens is 322 g/mol. The summed E-state index contributed by atoms with van der Waals surface area (Å²) in [5.41, 5.74) is 2.14. The van der Waals surface area contributed by atoms with Gasteiger partial charge in [0.1, 0.15) is 0 Å². The van der Waals surface area contributed by atoms with Gasteiger partial charge in [-0.25, -0.2) is 4.79 Å². The van der Waals surface area contributed by atoms with E-state index in [9.17, 15) is 14.7 Å². The Morgan fingerprint density at radius 1 is 1.32 bits per heavy atom. The topological polar surface area (TPSA) is 93.5 Å². The lowest BCUT2D eigenvalue weighted by molar-refractivity contribution is -0.144. The molecule has 1 aromatic heterocycles. The summed E-state index contributed by atoms with van der Waals surface area (Å²) in [4.78, 5) is 23.9. The molecule has 132 valence electrons. The third-order valence-corrected chi connectivity index (χ3v) is 4.44. The molecule has 2 heterocycles. The van der Waals surface area contributed by atoms with E-state index in [1.165, 1.54) is 0 Å². The van der Waals surface area contributed by atoms with Crippen LogP contribution in [0.1, 0.15) is 33.7 Å². The van der Waals surface area contributed by atoms with Gasteiger partial charge in [0, 0.05) is 24.3 Å². The van der Waals surface area contributed by atoms with E-state index in [1.807, 2.05) is 36.7 Å². The first-order valence-electron chi connectivity index (χ1n) is 8.13. The number of amides is 1.